The number of carbonyl (C=O) groups is 3. The van der Waals surface area contributed by atoms with Gasteiger partial charge < -0.3 is 23.7 Å². The normalized spacial score (nSPS) is 16.1. The van der Waals surface area contributed by atoms with Crippen LogP contribution in [0.2, 0.25) is 0 Å². The highest BCUT2D eigenvalue weighted by molar-refractivity contribution is 5.91. The smallest absolute Gasteiger partial charge is 0.343 e. The Morgan fingerprint density at radius 1 is 0.949 bits per heavy atom. The second-order valence-corrected chi connectivity index (χ2v) is 9.27. The van der Waals surface area contributed by atoms with Crippen molar-refractivity contribution in [3.63, 3.8) is 0 Å². The van der Waals surface area contributed by atoms with Crippen molar-refractivity contribution in [2.45, 2.75) is 77.3 Å². The Labute approximate surface area is 229 Å². The Bertz CT molecular complexity index is 1120. The van der Waals surface area contributed by atoms with Crippen LogP contribution in [0.3, 0.4) is 0 Å². The largest absolute Gasteiger partial charge is 0.487 e. The summed E-state index contributed by atoms with van der Waals surface area (Å²) in [5, 5.41) is 0. The molecule has 1 heterocycles. The van der Waals surface area contributed by atoms with Gasteiger partial charge >= 0.3 is 17.9 Å². The summed E-state index contributed by atoms with van der Waals surface area (Å²) in [7, 11) is 0. The Kier molecular flexibility index (Phi) is 11.2. The monoisotopic (exact) mass is 536 g/mol. The molecule has 3 atom stereocenters. The Hall–Kier alpha value is -4.07. The maximum atomic E-state index is 12.7. The van der Waals surface area contributed by atoms with Gasteiger partial charge in [-0.15, -0.1) is 0 Å². The van der Waals surface area contributed by atoms with E-state index in [0.29, 0.717) is 41.2 Å². The summed E-state index contributed by atoms with van der Waals surface area (Å²) in [4.78, 5) is 36.0. The van der Waals surface area contributed by atoms with Crippen LogP contribution in [0.5, 0.6) is 17.2 Å². The summed E-state index contributed by atoms with van der Waals surface area (Å²) in [5.41, 5.74) is 0.805. The highest BCUT2D eigenvalue weighted by Crippen LogP contribution is 2.28. The summed E-state index contributed by atoms with van der Waals surface area (Å²) in [5.74, 6) is -0.0816. The number of unbranched alkanes of at least 4 members (excludes halogenated alkanes) is 2. The molecule has 1 fully saturated rings. The molecule has 0 aromatic heterocycles. The van der Waals surface area contributed by atoms with Gasteiger partial charge in [0.2, 0.25) is 6.29 Å². The number of benzene rings is 2. The summed E-state index contributed by atoms with van der Waals surface area (Å²) >= 11 is 0. The predicted octanol–water partition coefficient (Wildman–Crippen LogP) is 6.34. The quantitative estimate of drug-likeness (QED) is 0.113. The van der Waals surface area contributed by atoms with Crippen LogP contribution in [-0.2, 0) is 19.1 Å². The number of esters is 3. The molecular formula is C31H36O8. The first-order chi connectivity index (χ1) is 18.8. The molecule has 1 saturated heterocycles. The molecule has 1 aliphatic heterocycles. The van der Waals surface area contributed by atoms with E-state index in [1.807, 2.05) is 6.92 Å². The zero-order valence-electron chi connectivity index (χ0n) is 22.6. The minimum Gasteiger partial charge on any atom is -0.487 e. The van der Waals surface area contributed by atoms with E-state index in [4.69, 9.17) is 23.7 Å². The number of cyclic esters (lactones) is 1. The molecule has 0 aliphatic carbocycles. The Morgan fingerprint density at radius 2 is 1.54 bits per heavy atom. The number of hydrogen-bond donors (Lipinski definition) is 0. The van der Waals surface area contributed by atoms with E-state index in [1.165, 1.54) is 0 Å². The van der Waals surface area contributed by atoms with Crippen molar-refractivity contribution in [3.05, 3.63) is 78.9 Å². The highest BCUT2D eigenvalue weighted by Gasteiger charge is 2.35. The van der Waals surface area contributed by atoms with E-state index in [9.17, 15) is 14.4 Å². The fourth-order valence-corrected chi connectivity index (χ4v) is 3.96. The molecule has 0 radical (unpaired) electrons. The van der Waals surface area contributed by atoms with Crippen LogP contribution < -0.4 is 14.2 Å². The summed E-state index contributed by atoms with van der Waals surface area (Å²) in [6.07, 6.45) is 5.10. The van der Waals surface area contributed by atoms with Gasteiger partial charge in [-0.3, -0.25) is 0 Å². The molecule has 39 heavy (non-hydrogen) atoms. The molecule has 8 heteroatoms. The molecule has 208 valence electrons. The van der Waals surface area contributed by atoms with Crippen LogP contribution in [0, 0.1) is 0 Å². The average Bonchev–Trinajstić information content (AvgIpc) is 3.28. The van der Waals surface area contributed by atoms with Gasteiger partial charge in [-0.2, -0.15) is 0 Å². The van der Waals surface area contributed by atoms with Gasteiger partial charge in [0, 0.05) is 24.5 Å². The van der Waals surface area contributed by atoms with Crippen molar-refractivity contribution in [2.24, 2.45) is 0 Å². The number of rotatable bonds is 15. The van der Waals surface area contributed by atoms with Crippen LogP contribution in [0.15, 0.2) is 73.3 Å². The second-order valence-electron chi connectivity index (χ2n) is 9.27. The van der Waals surface area contributed by atoms with Gasteiger partial charge in [0.15, 0.2) is 0 Å². The van der Waals surface area contributed by atoms with Crippen molar-refractivity contribution in [1.29, 1.82) is 0 Å². The fourth-order valence-electron chi connectivity index (χ4n) is 3.96. The lowest BCUT2D eigenvalue weighted by molar-refractivity contribution is -0.158. The average molecular weight is 537 g/mol. The summed E-state index contributed by atoms with van der Waals surface area (Å²) in [6, 6.07) is 13.1. The zero-order valence-corrected chi connectivity index (χ0v) is 22.6. The van der Waals surface area contributed by atoms with Crippen LogP contribution in [0.25, 0.3) is 0 Å². The van der Waals surface area contributed by atoms with Gasteiger partial charge in [0.1, 0.15) is 29.5 Å². The van der Waals surface area contributed by atoms with Crippen molar-refractivity contribution in [3.8, 4) is 17.2 Å². The van der Waals surface area contributed by atoms with E-state index in [1.54, 1.807) is 48.5 Å². The van der Waals surface area contributed by atoms with E-state index < -0.39 is 18.2 Å². The molecule has 3 rings (SSSR count). The summed E-state index contributed by atoms with van der Waals surface area (Å²) in [6.45, 7) is 11.3. The molecule has 0 saturated carbocycles. The third-order valence-electron chi connectivity index (χ3n) is 6.14. The fraction of sp³-hybridized carbons (Fsp3) is 0.387. The predicted molar refractivity (Wildman–Crippen MR) is 146 cm³/mol. The second kappa shape index (κ2) is 14.8. The van der Waals surface area contributed by atoms with Crippen LogP contribution in [0.1, 0.15) is 69.2 Å². The standard InChI is InChI=1S/C31H36O8/c1-5-8-10-26(27-20-21(4)30(33)38-27)35-23-14-12-22(13-15-23)31(34)37-25-18-16-24(17-19-25)36-29(11-9-6-2)39-28(32)7-3/h7,12-19,26-27,29H,3-6,8-11,20H2,1-2H3. The Balaban J connectivity index is 1.57. The molecular weight excluding hydrogens is 500 g/mol. The van der Waals surface area contributed by atoms with Crippen molar-refractivity contribution in [2.75, 3.05) is 0 Å². The van der Waals surface area contributed by atoms with E-state index in [2.05, 4.69) is 20.1 Å². The molecule has 3 unspecified atom stereocenters. The molecule has 8 nitrogen and oxygen atoms in total. The molecule has 0 amide bonds. The van der Waals surface area contributed by atoms with Crippen LogP contribution in [0.4, 0.5) is 0 Å². The zero-order chi connectivity index (χ0) is 28.2. The third kappa shape index (κ3) is 9.02. The topological polar surface area (TPSA) is 97.4 Å². The van der Waals surface area contributed by atoms with Crippen molar-refractivity contribution in [1.82, 2.24) is 0 Å². The Morgan fingerprint density at radius 3 is 2.13 bits per heavy atom. The SMILES string of the molecule is C=CC(=O)OC(CCCC)Oc1ccc(OC(=O)c2ccc(OC(CCCC)C3CC(=C)C(=O)O3)cc2)cc1. The van der Waals surface area contributed by atoms with Gasteiger partial charge in [0.25, 0.3) is 0 Å². The van der Waals surface area contributed by atoms with Gasteiger partial charge in [-0.25, -0.2) is 14.4 Å². The number of ether oxygens (including phenoxy) is 5. The van der Waals surface area contributed by atoms with Crippen molar-refractivity contribution < 1.29 is 38.1 Å². The van der Waals surface area contributed by atoms with E-state index >= 15 is 0 Å². The first-order valence-electron chi connectivity index (χ1n) is 13.3. The van der Waals surface area contributed by atoms with Gasteiger partial charge in [-0.1, -0.05) is 39.8 Å². The minimum atomic E-state index is -0.731. The minimum absolute atomic E-state index is 0.298. The van der Waals surface area contributed by atoms with E-state index in [0.717, 1.165) is 38.2 Å². The third-order valence-corrected chi connectivity index (χ3v) is 6.14. The molecule has 1 aliphatic rings. The molecule has 0 bridgehead atoms. The first kappa shape index (κ1) is 29.5. The van der Waals surface area contributed by atoms with Gasteiger partial charge in [-0.05, 0) is 67.8 Å². The van der Waals surface area contributed by atoms with Crippen LogP contribution >= 0.6 is 0 Å². The highest BCUT2D eigenvalue weighted by atomic mass is 16.7. The molecule has 0 N–H and O–H groups in total. The molecule has 2 aromatic carbocycles. The number of carbonyl (C=O) groups excluding carboxylic acids is 3. The molecule has 2 aromatic rings. The van der Waals surface area contributed by atoms with Crippen LogP contribution in [-0.4, -0.2) is 36.4 Å². The van der Waals surface area contributed by atoms with E-state index in [-0.39, 0.29) is 18.2 Å². The maximum absolute atomic E-state index is 12.7. The lowest BCUT2D eigenvalue weighted by Gasteiger charge is -2.23. The molecule has 0 spiro atoms. The number of hydrogen-bond acceptors (Lipinski definition) is 8. The van der Waals surface area contributed by atoms with Crippen molar-refractivity contribution >= 4 is 17.9 Å². The van der Waals surface area contributed by atoms with Gasteiger partial charge in [0.05, 0.1) is 5.56 Å². The summed E-state index contributed by atoms with van der Waals surface area (Å²) < 4.78 is 28.1. The first-order valence-corrected chi connectivity index (χ1v) is 13.3. The maximum Gasteiger partial charge on any atom is 0.343 e. The lowest BCUT2D eigenvalue weighted by atomic mass is 10.0. The lowest BCUT2D eigenvalue weighted by Crippen LogP contribution is -2.31.